The lowest BCUT2D eigenvalue weighted by molar-refractivity contribution is 0.0953. The number of hydrogen-bond donors (Lipinski definition) is 3. The van der Waals surface area contributed by atoms with Crippen molar-refractivity contribution in [2.45, 2.75) is 13.0 Å². The van der Waals surface area contributed by atoms with Gasteiger partial charge in [-0.2, -0.15) is 0 Å². The molecule has 0 radical (unpaired) electrons. The van der Waals surface area contributed by atoms with E-state index in [-0.39, 0.29) is 12.0 Å². The fourth-order valence-electron chi connectivity index (χ4n) is 1.35. The molecule has 0 aliphatic carbocycles. The van der Waals surface area contributed by atoms with E-state index >= 15 is 0 Å². The van der Waals surface area contributed by atoms with Crippen LogP contribution in [0.4, 0.5) is 0 Å². The Balaban J connectivity index is 2.39. The van der Waals surface area contributed by atoms with E-state index in [4.69, 9.17) is 16.7 Å². The van der Waals surface area contributed by atoms with Gasteiger partial charge in [-0.05, 0) is 35.0 Å². The largest absolute Gasteiger partial charge is 0.392 e. The molecule has 0 saturated heterocycles. The van der Waals surface area contributed by atoms with Gasteiger partial charge in [0.05, 0.1) is 16.7 Å². The summed E-state index contributed by atoms with van der Waals surface area (Å²) in [5.41, 5.74) is 0.446. The fraction of sp³-hybridized carbons (Fsp3) is 0.417. The average Bonchev–Trinajstić information content (AvgIpc) is 2.31. The van der Waals surface area contributed by atoms with Crippen molar-refractivity contribution < 1.29 is 9.90 Å². The minimum atomic E-state index is -0.389. The number of carbonyl (C=O) groups is 1. The third kappa shape index (κ3) is 4.94. The average molecular weight is 336 g/mol. The molecule has 0 bridgehead atoms. The van der Waals surface area contributed by atoms with Crippen LogP contribution in [0.15, 0.2) is 22.7 Å². The maximum Gasteiger partial charge on any atom is 0.252 e. The van der Waals surface area contributed by atoms with Crippen LogP contribution in [0.3, 0.4) is 0 Å². The summed E-state index contributed by atoms with van der Waals surface area (Å²) in [5, 5.41) is 15.2. The van der Waals surface area contributed by atoms with Gasteiger partial charge in [0.25, 0.3) is 5.91 Å². The number of amides is 1. The molecule has 18 heavy (non-hydrogen) atoms. The molecule has 100 valence electrons. The first-order valence-corrected chi connectivity index (χ1v) is 6.80. The second-order valence-electron chi connectivity index (χ2n) is 3.91. The SMILES string of the molecule is CC(O)CNCCNC(=O)c1cccc(Br)c1Cl. The monoisotopic (exact) mass is 334 g/mol. The van der Waals surface area contributed by atoms with Crippen LogP contribution in [0.5, 0.6) is 0 Å². The summed E-state index contributed by atoms with van der Waals surface area (Å²) in [4.78, 5) is 11.8. The molecule has 0 aliphatic heterocycles. The molecule has 1 aromatic carbocycles. The summed E-state index contributed by atoms with van der Waals surface area (Å²) in [6, 6.07) is 5.21. The molecule has 1 amide bonds. The van der Waals surface area contributed by atoms with Crippen molar-refractivity contribution in [3.8, 4) is 0 Å². The molecule has 1 unspecified atom stereocenters. The minimum absolute atomic E-state index is 0.208. The van der Waals surface area contributed by atoms with Crippen molar-refractivity contribution in [3.05, 3.63) is 33.3 Å². The van der Waals surface area contributed by atoms with Crippen LogP contribution in [-0.2, 0) is 0 Å². The number of halogens is 2. The van der Waals surface area contributed by atoms with E-state index in [0.717, 1.165) is 0 Å². The van der Waals surface area contributed by atoms with E-state index in [0.29, 0.717) is 34.7 Å². The number of nitrogens with one attached hydrogen (secondary N) is 2. The Labute approximate surface area is 120 Å². The van der Waals surface area contributed by atoms with Gasteiger partial charge >= 0.3 is 0 Å². The van der Waals surface area contributed by atoms with Crippen molar-refractivity contribution in [1.29, 1.82) is 0 Å². The number of benzene rings is 1. The first-order valence-electron chi connectivity index (χ1n) is 5.63. The zero-order chi connectivity index (χ0) is 13.5. The van der Waals surface area contributed by atoms with Gasteiger partial charge in [-0.15, -0.1) is 0 Å². The van der Waals surface area contributed by atoms with Gasteiger partial charge in [-0.25, -0.2) is 0 Å². The second kappa shape index (κ2) is 7.74. The summed E-state index contributed by atoms with van der Waals surface area (Å²) in [6.07, 6.45) is -0.389. The normalized spacial score (nSPS) is 12.2. The zero-order valence-corrected chi connectivity index (χ0v) is 12.4. The number of aliphatic hydroxyl groups excluding tert-OH is 1. The van der Waals surface area contributed by atoms with Crippen LogP contribution < -0.4 is 10.6 Å². The summed E-state index contributed by atoms with van der Waals surface area (Å²) < 4.78 is 0.698. The molecule has 1 rings (SSSR count). The van der Waals surface area contributed by atoms with E-state index in [1.54, 1.807) is 25.1 Å². The standard InChI is InChI=1S/C12H16BrClN2O2/c1-8(17)7-15-5-6-16-12(18)9-3-2-4-10(13)11(9)14/h2-4,8,15,17H,5-7H2,1H3,(H,16,18). The summed E-state index contributed by atoms with van der Waals surface area (Å²) in [5.74, 6) is -0.208. The highest BCUT2D eigenvalue weighted by atomic mass is 79.9. The van der Waals surface area contributed by atoms with Crippen molar-refractivity contribution in [3.63, 3.8) is 0 Å². The minimum Gasteiger partial charge on any atom is -0.392 e. The predicted molar refractivity (Wildman–Crippen MR) is 76.0 cm³/mol. The van der Waals surface area contributed by atoms with Crippen LogP contribution in [0.2, 0.25) is 5.02 Å². The molecule has 3 N–H and O–H groups in total. The van der Waals surface area contributed by atoms with Gasteiger partial charge in [0.2, 0.25) is 0 Å². The lowest BCUT2D eigenvalue weighted by Gasteiger charge is -2.09. The van der Waals surface area contributed by atoms with E-state index in [1.807, 2.05) is 0 Å². The Hall–Kier alpha value is -0.620. The Morgan fingerprint density at radius 3 is 2.89 bits per heavy atom. The van der Waals surface area contributed by atoms with Crippen LogP contribution in [0.1, 0.15) is 17.3 Å². The maximum atomic E-state index is 11.8. The van der Waals surface area contributed by atoms with Gasteiger partial charge in [0.15, 0.2) is 0 Å². The smallest absolute Gasteiger partial charge is 0.252 e. The molecule has 1 atom stereocenters. The number of hydrogen-bond acceptors (Lipinski definition) is 3. The highest BCUT2D eigenvalue weighted by Gasteiger charge is 2.11. The van der Waals surface area contributed by atoms with Gasteiger partial charge in [-0.1, -0.05) is 17.7 Å². The summed E-state index contributed by atoms with van der Waals surface area (Å²) in [7, 11) is 0. The molecule has 0 fully saturated rings. The lowest BCUT2D eigenvalue weighted by Crippen LogP contribution is -2.34. The van der Waals surface area contributed by atoms with Gasteiger partial charge in [0.1, 0.15) is 0 Å². The molecule has 4 nitrogen and oxygen atoms in total. The third-order valence-corrected chi connectivity index (χ3v) is 3.52. The molecule has 0 saturated carbocycles. The molecule has 6 heteroatoms. The lowest BCUT2D eigenvalue weighted by atomic mass is 10.2. The Morgan fingerprint density at radius 1 is 1.50 bits per heavy atom. The van der Waals surface area contributed by atoms with Gasteiger partial charge in [0, 0.05) is 24.1 Å². The van der Waals surface area contributed by atoms with Gasteiger partial charge in [-0.3, -0.25) is 4.79 Å². The predicted octanol–water partition coefficient (Wildman–Crippen LogP) is 1.80. The van der Waals surface area contributed by atoms with E-state index in [2.05, 4.69) is 26.6 Å². The molecule has 0 spiro atoms. The van der Waals surface area contributed by atoms with Crippen LogP contribution in [0, 0.1) is 0 Å². The first-order chi connectivity index (χ1) is 8.52. The highest BCUT2D eigenvalue weighted by molar-refractivity contribution is 9.10. The third-order valence-electron chi connectivity index (χ3n) is 2.22. The molecular formula is C12H16BrClN2O2. The van der Waals surface area contributed by atoms with Crippen LogP contribution in [0.25, 0.3) is 0 Å². The van der Waals surface area contributed by atoms with E-state index in [1.165, 1.54) is 0 Å². The number of rotatable bonds is 6. The van der Waals surface area contributed by atoms with E-state index in [9.17, 15) is 4.79 Å². The summed E-state index contributed by atoms with van der Waals surface area (Å²) in [6.45, 7) is 3.29. The zero-order valence-electron chi connectivity index (χ0n) is 10.0. The molecule has 1 aromatic rings. The van der Waals surface area contributed by atoms with Crippen molar-refractivity contribution in [1.82, 2.24) is 10.6 Å². The Morgan fingerprint density at radius 2 is 2.22 bits per heavy atom. The molecule has 0 aromatic heterocycles. The molecule has 0 heterocycles. The van der Waals surface area contributed by atoms with Crippen LogP contribution >= 0.6 is 27.5 Å². The number of aliphatic hydroxyl groups is 1. The van der Waals surface area contributed by atoms with E-state index < -0.39 is 0 Å². The first kappa shape index (κ1) is 15.4. The topological polar surface area (TPSA) is 61.4 Å². The van der Waals surface area contributed by atoms with Crippen molar-refractivity contribution in [2.75, 3.05) is 19.6 Å². The fourth-order valence-corrected chi connectivity index (χ4v) is 1.93. The highest BCUT2D eigenvalue weighted by Crippen LogP contribution is 2.25. The Bertz CT molecular complexity index is 413. The van der Waals surface area contributed by atoms with Crippen LogP contribution in [-0.4, -0.2) is 36.8 Å². The Kier molecular flexibility index (Phi) is 6.63. The second-order valence-corrected chi connectivity index (χ2v) is 5.14. The van der Waals surface area contributed by atoms with Crippen molar-refractivity contribution in [2.24, 2.45) is 0 Å². The summed E-state index contributed by atoms with van der Waals surface area (Å²) >= 11 is 9.28. The van der Waals surface area contributed by atoms with Gasteiger partial charge < -0.3 is 15.7 Å². The number of carbonyl (C=O) groups excluding carboxylic acids is 1. The maximum absolute atomic E-state index is 11.8. The van der Waals surface area contributed by atoms with Crippen molar-refractivity contribution >= 4 is 33.4 Å². The quantitative estimate of drug-likeness (QED) is 0.695. The molecular weight excluding hydrogens is 320 g/mol. The molecule has 0 aliphatic rings.